The van der Waals surface area contributed by atoms with Crippen LogP contribution in [0, 0.1) is 0 Å². The van der Waals surface area contributed by atoms with Gasteiger partial charge in [0.25, 0.3) is 0 Å². The van der Waals surface area contributed by atoms with Crippen LogP contribution in [0.15, 0.2) is 24.5 Å². The minimum Gasteiger partial charge on any atom is -0.400 e. The van der Waals surface area contributed by atoms with Crippen molar-refractivity contribution in [3.63, 3.8) is 0 Å². The number of aryl methyl sites for hydroxylation is 1. The van der Waals surface area contributed by atoms with Crippen LogP contribution in [-0.4, -0.2) is 28.1 Å². The van der Waals surface area contributed by atoms with Gasteiger partial charge in [-0.05, 0) is 24.1 Å². The summed E-state index contributed by atoms with van der Waals surface area (Å²) in [5.41, 5.74) is 3.26. The summed E-state index contributed by atoms with van der Waals surface area (Å²) in [7, 11) is 1.00. The molecule has 1 aromatic heterocycles. The minimum absolute atomic E-state index is 0.379. The first-order valence-corrected chi connectivity index (χ1v) is 5.17. The maximum absolute atomic E-state index is 10.4. The molecule has 4 heteroatoms. The number of rotatable bonds is 3. The minimum atomic E-state index is 0.379. The SMILES string of the molecule is CCc1ccc2ncn(CC=O)c2c1.CO. The predicted molar refractivity (Wildman–Crippen MR) is 63.3 cm³/mol. The van der Waals surface area contributed by atoms with Crippen molar-refractivity contribution in [1.82, 2.24) is 9.55 Å². The molecule has 0 spiro atoms. The summed E-state index contributed by atoms with van der Waals surface area (Å²) in [5, 5.41) is 7.00. The van der Waals surface area contributed by atoms with Gasteiger partial charge in [-0.15, -0.1) is 0 Å². The van der Waals surface area contributed by atoms with Crippen LogP contribution >= 0.6 is 0 Å². The highest BCUT2D eigenvalue weighted by atomic mass is 16.2. The smallest absolute Gasteiger partial charge is 0.139 e. The van der Waals surface area contributed by atoms with Crippen LogP contribution in [0.5, 0.6) is 0 Å². The maximum Gasteiger partial charge on any atom is 0.139 e. The van der Waals surface area contributed by atoms with Gasteiger partial charge in [-0.3, -0.25) is 0 Å². The van der Waals surface area contributed by atoms with E-state index < -0.39 is 0 Å². The molecular formula is C12H16N2O2. The quantitative estimate of drug-likeness (QED) is 0.796. The summed E-state index contributed by atoms with van der Waals surface area (Å²) in [4.78, 5) is 14.6. The van der Waals surface area contributed by atoms with Crippen molar-refractivity contribution in [2.24, 2.45) is 0 Å². The highest BCUT2D eigenvalue weighted by Gasteiger charge is 2.01. The molecular weight excluding hydrogens is 204 g/mol. The van der Waals surface area contributed by atoms with Gasteiger partial charge < -0.3 is 14.5 Å². The summed E-state index contributed by atoms with van der Waals surface area (Å²) in [6.45, 7) is 2.49. The van der Waals surface area contributed by atoms with Crippen molar-refractivity contribution < 1.29 is 9.90 Å². The van der Waals surface area contributed by atoms with Gasteiger partial charge >= 0.3 is 0 Å². The van der Waals surface area contributed by atoms with Gasteiger partial charge in [0.15, 0.2) is 0 Å². The number of aliphatic hydroxyl groups is 1. The lowest BCUT2D eigenvalue weighted by Crippen LogP contribution is -1.96. The second-order valence-electron chi connectivity index (χ2n) is 3.24. The lowest BCUT2D eigenvalue weighted by molar-refractivity contribution is -0.108. The first-order valence-electron chi connectivity index (χ1n) is 5.17. The first kappa shape index (κ1) is 12.4. The molecule has 16 heavy (non-hydrogen) atoms. The third-order valence-corrected chi connectivity index (χ3v) is 2.36. The molecule has 2 rings (SSSR count). The van der Waals surface area contributed by atoms with Crippen molar-refractivity contribution in [2.75, 3.05) is 7.11 Å². The largest absolute Gasteiger partial charge is 0.400 e. The van der Waals surface area contributed by atoms with Crippen LogP contribution in [-0.2, 0) is 17.8 Å². The zero-order chi connectivity index (χ0) is 12.0. The van der Waals surface area contributed by atoms with Crippen molar-refractivity contribution in [3.05, 3.63) is 30.1 Å². The van der Waals surface area contributed by atoms with Crippen LogP contribution in [0.25, 0.3) is 11.0 Å². The number of aliphatic hydroxyl groups excluding tert-OH is 1. The Kier molecular flexibility index (Phi) is 4.66. The number of carbonyl (C=O) groups is 1. The van der Waals surface area contributed by atoms with E-state index in [-0.39, 0.29) is 0 Å². The second kappa shape index (κ2) is 6.02. The third-order valence-electron chi connectivity index (χ3n) is 2.36. The van der Waals surface area contributed by atoms with Gasteiger partial charge in [0.05, 0.1) is 23.9 Å². The van der Waals surface area contributed by atoms with E-state index in [0.29, 0.717) is 6.54 Å². The summed E-state index contributed by atoms with van der Waals surface area (Å²) in [5.74, 6) is 0. The Labute approximate surface area is 94.5 Å². The van der Waals surface area contributed by atoms with E-state index in [1.54, 1.807) is 6.33 Å². The number of hydrogen-bond donors (Lipinski definition) is 1. The molecule has 0 fully saturated rings. The molecule has 86 valence electrons. The standard InChI is InChI=1S/C11H12N2O.CH4O/c1-2-9-3-4-10-11(7-9)13(5-6-14)8-12-10;1-2/h3-4,6-8H,2,5H2,1H3;2H,1H3. The number of carbonyl (C=O) groups excluding carboxylic acids is 1. The van der Waals surface area contributed by atoms with Gasteiger partial charge in [0.1, 0.15) is 6.29 Å². The molecule has 0 amide bonds. The summed E-state index contributed by atoms with van der Waals surface area (Å²) < 4.78 is 1.86. The van der Waals surface area contributed by atoms with Gasteiger partial charge in [-0.25, -0.2) is 4.98 Å². The average Bonchev–Trinajstić information content (AvgIpc) is 2.75. The van der Waals surface area contributed by atoms with Gasteiger partial charge in [0.2, 0.25) is 0 Å². The lowest BCUT2D eigenvalue weighted by atomic mass is 10.1. The number of imidazole rings is 1. The molecule has 0 atom stereocenters. The monoisotopic (exact) mass is 220 g/mol. The number of aldehydes is 1. The van der Waals surface area contributed by atoms with Gasteiger partial charge in [-0.2, -0.15) is 0 Å². The van der Waals surface area contributed by atoms with Crippen LogP contribution in [0.1, 0.15) is 12.5 Å². The molecule has 0 radical (unpaired) electrons. The van der Waals surface area contributed by atoms with Crippen molar-refractivity contribution in [3.8, 4) is 0 Å². The summed E-state index contributed by atoms with van der Waals surface area (Å²) in [6.07, 6.45) is 3.60. The fraction of sp³-hybridized carbons (Fsp3) is 0.333. The highest BCUT2D eigenvalue weighted by Crippen LogP contribution is 2.14. The molecule has 0 aliphatic rings. The second-order valence-corrected chi connectivity index (χ2v) is 3.24. The van der Waals surface area contributed by atoms with E-state index in [0.717, 1.165) is 30.9 Å². The topological polar surface area (TPSA) is 55.1 Å². The highest BCUT2D eigenvalue weighted by molar-refractivity contribution is 5.76. The molecule has 1 heterocycles. The molecule has 1 aromatic carbocycles. The normalized spacial score (nSPS) is 9.69. The summed E-state index contributed by atoms with van der Waals surface area (Å²) in [6, 6.07) is 6.15. The fourth-order valence-corrected chi connectivity index (χ4v) is 1.55. The Morgan fingerprint density at radius 2 is 2.19 bits per heavy atom. The molecule has 2 aromatic rings. The maximum atomic E-state index is 10.4. The van der Waals surface area contributed by atoms with Crippen LogP contribution in [0.4, 0.5) is 0 Å². The van der Waals surface area contributed by atoms with Crippen LogP contribution in [0.3, 0.4) is 0 Å². The van der Waals surface area contributed by atoms with Crippen LogP contribution < -0.4 is 0 Å². The predicted octanol–water partition coefficient (Wildman–Crippen LogP) is 1.41. The molecule has 0 saturated carbocycles. The number of nitrogens with zero attached hydrogens (tertiary/aromatic N) is 2. The van der Waals surface area contributed by atoms with Crippen molar-refractivity contribution >= 4 is 17.3 Å². The van der Waals surface area contributed by atoms with E-state index in [9.17, 15) is 4.79 Å². The Hall–Kier alpha value is -1.68. The number of benzene rings is 1. The molecule has 4 nitrogen and oxygen atoms in total. The Bertz CT molecular complexity index is 463. The van der Waals surface area contributed by atoms with Crippen molar-refractivity contribution in [1.29, 1.82) is 0 Å². The molecule has 1 N–H and O–H groups in total. The Morgan fingerprint density at radius 1 is 1.44 bits per heavy atom. The van der Waals surface area contributed by atoms with Gasteiger partial charge in [-0.1, -0.05) is 13.0 Å². The number of fused-ring (bicyclic) bond motifs is 1. The molecule has 0 bridgehead atoms. The first-order chi connectivity index (χ1) is 7.85. The zero-order valence-corrected chi connectivity index (χ0v) is 9.55. The average molecular weight is 220 g/mol. The van der Waals surface area contributed by atoms with Crippen molar-refractivity contribution in [2.45, 2.75) is 19.9 Å². The molecule has 0 unspecified atom stereocenters. The van der Waals surface area contributed by atoms with E-state index in [4.69, 9.17) is 5.11 Å². The summed E-state index contributed by atoms with van der Waals surface area (Å²) >= 11 is 0. The zero-order valence-electron chi connectivity index (χ0n) is 9.55. The number of aromatic nitrogens is 2. The molecule has 0 aliphatic carbocycles. The van der Waals surface area contributed by atoms with E-state index in [1.807, 2.05) is 10.6 Å². The lowest BCUT2D eigenvalue weighted by Gasteiger charge is -2.00. The molecule has 0 saturated heterocycles. The fourth-order valence-electron chi connectivity index (χ4n) is 1.55. The molecule has 0 aliphatic heterocycles. The van der Waals surface area contributed by atoms with E-state index >= 15 is 0 Å². The Morgan fingerprint density at radius 3 is 2.81 bits per heavy atom. The third kappa shape index (κ3) is 2.46. The van der Waals surface area contributed by atoms with E-state index in [2.05, 4.69) is 24.0 Å². The Balaban J connectivity index is 0.000000606. The van der Waals surface area contributed by atoms with Crippen LogP contribution in [0.2, 0.25) is 0 Å². The van der Waals surface area contributed by atoms with Gasteiger partial charge in [0, 0.05) is 7.11 Å². The number of hydrogen-bond acceptors (Lipinski definition) is 3. The van der Waals surface area contributed by atoms with E-state index in [1.165, 1.54) is 5.56 Å².